The average molecular weight is 461 g/mol. The molecular weight excluding hydrogens is 450 g/mol. The van der Waals surface area contributed by atoms with E-state index in [0.29, 0.717) is 22.0 Å². The Labute approximate surface area is 185 Å². The number of thiocarbonyl (C=S) groups is 1. The van der Waals surface area contributed by atoms with Crippen LogP contribution in [0.5, 0.6) is 0 Å². The first-order valence-electron chi connectivity index (χ1n) is 8.56. The highest BCUT2D eigenvalue weighted by Crippen LogP contribution is 2.30. The number of anilines is 1. The van der Waals surface area contributed by atoms with Gasteiger partial charge in [-0.1, -0.05) is 35.3 Å². The molecule has 0 atom stereocenters. The van der Waals surface area contributed by atoms with Crippen molar-refractivity contribution in [2.24, 2.45) is 0 Å². The van der Waals surface area contributed by atoms with Crippen molar-refractivity contribution in [3.63, 3.8) is 0 Å². The van der Waals surface area contributed by atoms with Gasteiger partial charge in [-0.05, 0) is 60.8 Å². The highest BCUT2D eigenvalue weighted by atomic mass is 35.5. The molecule has 1 N–H and O–H groups in total. The minimum absolute atomic E-state index is 0.0829. The first-order valence-corrected chi connectivity index (χ1v) is 9.72. The Kier molecular flexibility index (Phi) is 5.42. The molecule has 30 heavy (non-hydrogen) atoms. The Balaban J connectivity index is 1.68. The average Bonchev–Trinajstić information content (AvgIpc) is 3.16. The van der Waals surface area contributed by atoms with Gasteiger partial charge in [0.25, 0.3) is 11.8 Å². The molecule has 0 aliphatic carbocycles. The number of hydrogen-bond acceptors (Lipinski definition) is 4. The van der Waals surface area contributed by atoms with Crippen molar-refractivity contribution in [3.8, 4) is 11.3 Å². The zero-order valence-electron chi connectivity index (χ0n) is 15.0. The van der Waals surface area contributed by atoms with Gasteiger partial charge in [-0.15, -0.1) is 0 Å². The lowest BCUT2D eigenvalue weighted by molar-refractivity contribution is -0.122. The van der Waals surface area contributed by atoms with E-state index in [4.69, 9.17) is 39.8 Å². The molecule has 1 aromatic heterocycles. The van der Waals surface area contributed by atoms with Crippen molar-refractivity contribution in [1.82, 2.24) is 5.32 Å². The molecule has 2 aromatic carbocycles. The van der Waals surface area contributed by atoms with Gasteiger partial charge < -0.3 is 4.42 Å². The van der Waals surface area contributed by atoms with Gasteiger partial charge in [-0.2, -0.15) is 0 Å². The summed E-state index contributed by atoms with van der Waals surface area (Å²) in [5, 5.41) is 2.94. The van der Waals surface area contributed by atoms with Crippen molar-refractivity contribution < 1.29 is 18.4 Å². The summed E-state index contributed by atoms with van der Waals surface area (Å²) in [6, 6.07) is 13.6. The van der Waals surface area contributed by atoms with E-state index in [2.05, 4.69) is 5.32 Å². The van der Waals surface area contributed by atoms with Gasteiger partial charge in [-0.25, -0.2) is 4.39 Å². The SMILES string of the molecule is O=C1NC(=S)N(c2ccc(Cl)c(Cl)c2)C(=O)/C1=C/c1ccc(-c2cccc(F)c2)o1. The molecule has 2 amide bonds. The molecule has 1 aliphatic heterocycles. The van der Waals surface area contributed by atoms with Crippen LogP contribution < -0.4 is 10.2 Å². The van der Waals surface area contributed by atoms with Crippen LogP contribution in [0.1, 0.15) is 5.76 Å². The maximum Gasteiger partial charge on any atom is 0.270 e. The maximum absolute atomic E-state index is 13.4. The Morgan fingerprint density at radius 1 is 1.03 bits per heavy atom. The van der Waals surface area contributed by atoms with Gasteiger partial charge in [0.2, 0.25) is 0 Å². The van der Waals surface area contributed by atoms with Crippen molar-refractivity contribution in [3.05, 3.63) is 81.8 Å². The molecule has 0 spiro atoms. The number of amides is 2. The highest BCUT2D eigenvalue weighted by Gasteiger charge is 2.35. The van der Waals surface area contributed by atoms with Crippen molar-refractivity contribution in [2.45, 2.75) is 0 Å². The quantitative estimate of drug-likeness (QED) is 0.330. The summed E-state index contributed by atoms with van der Waals surface area (Å²) in [6.07, 6.45) is 1.30. The molecule has 3 aromatic rings. The molecule has 9 heteroatoms. The zero-order chi connectivity index (χ0) is 21.4. The molecule has 0 bridgehead atoms. The third-order valence-corrected chi connectivity index (χ3v) is 5.31. The second-order valence-electron chi connectivity index (χ2n) is 6.27. The largest absolute Gasteiger partial charge is 0.457 e. The molecule has 4 rings (SSSR count). The standard InChI is InChI=1S/C21H11Cl2FN2O3S/c22-16-6-4-13(9-17(16)23)26-20(28)15(19(27)25-21(26)30)10-14-5-7-18(29-14)11-2-1-3-12(24)8-11/h1-10H,(H,25,27,30)/b15-10+. The van der Waals surface area contributed by atoms with Crippen LogP contribution in [0.25, 0.3) is 17.4 Å². The smallest absolute Gasteiger partial charge is 0.270 e. The lowest BCUT2D eigenvalue weighted by Crippen LogP contribution is -2.54. The minimum atomic E-state index is -0.662. The highest BCUT2D eigenvalue weighted by molar-refractivity contribution is 7.80. The molecule has 0 saturated carbocycles. The number of nitrogens with one attached hydrogen (secondary N) is 1. The summed E-state index contributed by atoms with van der Waals surface area (Å²) in [6.45, 7) is 0. The summed E-state index contributed by atoms with van der Waals surface area (Å²) in [4.78, 5) is 26.5. The number of benzene rings is 2. The second kappa shape index (κ2) is 8.02. The number of furan rings is 1. The zero-order valence-corrected chi connectivity index (χ0v) is 17.3. The van der Waals surface area contributed by atoms with Crippen LogP contribution in [0.4, 0.5) is 10.1 Å². The fraction of sp³-hybridized carbons (Fsp3) is 0. The monoisotopic (exact) mass is 460 g/mol. The van der Waals surface area contributed by atoms with E-state index in [1.165, 1.54) is 30.3 Å². The molecule has 1 fully saturated rings. The van der Waals surface area contributed by atoms with Crippen LogP contribution in [0.2, 0.25) is 10.0 Å². The van der Waals surface area contributed by atoms with Crippen molar-refractivity contribution >= 4 is 64.1 Å². The summed E-state index contributed by atoms with van der Waals surface area (Å²) in [7, 11) is 0. The van der Waals surface area contributed by atoms with E-state index >= 15 is 0 Å². The van der Waals surface area contributed by atoms with Crippen LogP contribution in [-0.4, -0.2) is 16.9 Å². The maximum atomic E-state index is 13.4. The number of halogens is 3. The van der Waals surface area contributed by atoms with E-state index < -0.39 is 17.6 Å². The van der Waals surface area contributed by atoms with E-state index in [-0.39, 0.29) is 21.5 Å². The van der Waals surface area contributed by atoms with Crippen LogP contribution in [0.15, 0.2) is 64.6 Å². The second-order valence-corrected chi connectivity index (χ2v) is 7.47. The normalized spacial score (nSPS) is 15.6. The van der Waals surface area contributed by atoms with Gasteiger partial charge >= 0.3 is 0 Å². The summed E-state index contributed by atoms with van der Waals surface area (Å²) in [5.74, 6) is -1.08. The number of carbonyl (C=O) groups excluding carboxylic acids is 2. The molecular formula is C21H11Cl2FN2O3S. The Morgan fingerprint density at radius 3 is 2.57 bits per heavy atom. The fourth-order valence-electron chi connectivity index (χ4n) is 2.89. The third-order valence-electron chi connectivity index (χ3n) is 4.29. The Bertz CT molecular complexity index is 1240. The molecule has 150 valence electrons. The van der Waals surface area contributed by atoms with E-state index in [1.807, 2.05) is 0 Å². The van der Waals surface area contributed by atoms with E-state index in [0.717, 1.165) is 4.90 Å². The van der Waals surface area contributed by atoms with Gasteiger partial charge in [-0.3, -0.25) is 19.8 Å². The number of hydrogen-bond donors (Lipinski definition) is 1. The van der Waals surface area contributed by atoms with E-state index in [1.54, 1.807) is 30.3 Å². The number of rotatable bonds is 3. The van der Waals surface area contributed by atoms with E-state index in [9.17, 15) is 14.0 Å². The molecule has 5 nitrogen and oxygen atoms in total. The lowest BCUT2D eigenvalue weighted by atomic mass is 10.1. The summed E-state index contributed by atoms with van der Waals surface area (Å²) >= 11 is 17.1. The minimum Gasteiger partial charge on any atom is -0.457 e. The van der Waals surface area contributed by atoms with Crippen molar-refractivity contribution in [1.29, 1.82) is 0 Å². The van der Waals surface area contributed by atoms with Crippen LogP contribution >= 0.6 is 35.4 Å². The van der Waals surface area contributed by atoms with Crippen molar-refractivity contribution in [2.75, 3.05) is 4.90 Å². The van der Waals surface area contributed by atoms with Gasteiger partial charge in [0, 0.05) is 5.56 Å². The summed E-state index contributed by atoms with van der Waals surface area (Å²) in [5.41, 5.74) is 0.692. The lowest BCUT2D eigenvalue weighted by Gasteiger charge is -2.29. The van der Waals surface area contributed by atoms with Crippen LogP contribution in [-0.2, 0) is 9.59 Å². The van der Waals surface area contributed by atoms with Gasteiger partial charge in [0.1, 0.15) is 22.9 Å². The molecule has 1 saturated heterocycles. The summed E-state index contributed by atoms with van der Waals surface area (Å²) < 4.78 is 19.1. The van der Waals surface area contributed by atoms with Gasteiger partial charge in [0.15, 0.2) is 5.11 Å². The topological polar surface area (TPSA) is 62.6 Å². The van der Waals surface area contributed by atoms with Gasteiger partial charge in [0.05, 0.1) is 15.7 Å². The Morgan fingerprint density at radius 2 is 1.83 bits per heavy atom. The predicted molar refractivity (Wildman–Crippen MR) is 117 cm³/mol. The predicted octanol–water partition coefficient (Wildman–Crippen LogP) is 5.22. The third kappa shape index (κ3) is 3.87. The number of carbonyl (C=O) groups is 2. The first kappa shape index (κ1) is 20.3. The number of nitrogens with zero attached hydrogens (tertiary/aromatic N) is 1. The molecule has 0 radical (unpaired) electrons. The molecule has 2 heterocycles. The Hall–Kier alpha value is -3.00. The van der Waals surface area contributed by atoms with Crippen LogP contribution in [0, 0.1) is 5.82 Å². The van der Waals surface area contributed by atoms with Crippen LogP contribution in [0.3, 0.4) is 0 Å². The molecule has 1 aliphatic rings. The first-order chi connectivity index (χ1) is 14.3. The molecule has 0 unspecified atom stereocenters. The fourth-order valence-corrected chi connectivity index (χ4v) is 3.46.